The molecule has 2 fully saturated rings. The van der Waals surface area contributed by atoms with Crippen molar-refractivity contribution in [2.24, 2.45) is 13.0 Å². The third kappa shape index (κ3) is 3.36. The first-order valence-corrected chi connectivity index (χ1v) is 9.87. The van der Waals surface area contributed by atoms with Gasteiger partial charge in [0.25, 0.3) is 5.91 Å². The molecule has 0 saturated carbocycles. The van der Waals surface area contributed by atoms with E-state index in [1.165, 1.54) is 16.6 Å². The Bertz CT molecular complexity index is 699. The molecule has 0 unspecified atom stereocenters. The third-order valence-electron chi connectivity index (χ3n) is 4.88. The average molecular weight is 355 g/mol. The van der Waals surface area contributed by atoms with Crippen molar-refractivity contribution in [2.75, 3.05) is 39.4 Å². The zero-order valence-electron chi connectivity index (χ0n) is 14.3. The van der Waals surface area contributed by atoms with Crippen LogP contribution in [0.4, 0.5) is 0 Å². The molecule has 0 spiro atoms. The molecule has 1 amide bonds. The second-order valence-corrected chi connectivity index (χ2v) is 8.60. The van der Waals surface area contributed by atoms with Gasteiger partial charge < -0.3 is 14.2 Å². The molecule has 134 valence electrons. The van der Waals surface area contributed by atoms with Gasteiger partial charge in [-0.05, 0) is 24.8 Å². The lowest BCUT2D eigenvalue weighted by atomic mass is 9.99. The Kier molecular flexibility index (Phi) is 4.98. The number of amides is 1. The summed E-state index contributed by atoms with van der Waals surface area (Å²) in [5, 5.41) is 0. The Morgan fingerprint density at radius 2 is 1.79 bits per heavy atom. The van der Waals surface area contributed by atoms with Crippen molar-refractivity contribution < 1.29 is 17.9 Å². The van der Waals surface area contributed by atoms with E-state index in [0.29, 0.717) is 37.9 Å². The molecule has 3 rings (SSSR count). The number of hydrogen-bond donors (Lipinski definition) is 0. The van der Waals surface area contributed by atoms with E-state index in [1.807, 2.05) is 4.90 Å². The summed E-state index contributed by atoms with van der Waals surface area (Å²) in [6, 6.07) is 1.51. The molecule has 1 aromatic heterocycles. The maximum Gasteiger partial charge on any atom is 0.270 e. The summed E-state index contributed by atoms with van der Waals surface area (Å²) in [7, 11) is -1.85. The second kappa shape index (κ2) is 6.85. The van der Waals surface area contributed by atoms with Crippen LogP contribution in [0.3, 0.4) is 0 Å². The van der Waals surface area contributed by atoms with E-state index >= 15 is 0 Å². The fraction of sp³-hybridized carbons (Fsp3) is 0.688. The van der Waals surface area contributed by atoms with E-state index < -0.39 is 10.0 Å². The fourth-order valence-electron chi connectivity index (χ4n) is 3.20. The number of likely N-dealkylation sites (tertiary alicyclic amines) is 1. The standard InChI is InChI=1S/C16H25N3O4S/c1-13-3-5-18(6-4-13)16(20)15-11-14(12-17(15)2)24(21,22)19-7-9-23-10-8-19/h11-13H,3-10H2,1-2H3. The molecule has 8 heteroatoms. The zero-order chi connectivity index (χ0) is 17.3. The second-order valence-electron chi connectivity index (χ2n) is 6.66. The highest BCUT2D eigenvalue weighted by atomic mass is 32.2. The number of carbonyl (C=O) groups is 1. The van der Waals surface area contributed by atoms with Crippen molar-refractivity contribution in [3.8, 4) is 0 Å². The smallest absolute Gasteiger partial charge is 0.270 e. The Hall–Kier alpha value is -1.38. The molecular weight excluding hydrogens is 330 g/mol. The number of ether oxygens (including phenoxy) is 1. The number of carbonyl (C=O) groups excluding carboxylic acids is 1. The molecule has 0 radical (unpaired) electrons. The highest BCUT2D eigenvalue weighted by Gasteiger charge is 2.30. The molecule has 24 heavy (non-hydrogen) atoms. The number of rotatable bonds is 3. The van der Waals surface area contributed by atoms with Crippen molar-refractivity contribution in [3.63, 3.8) is 0 Å². The number of morpholine rings is 1. The van der Waals surface area contributed by atoms with Gasteiger partial charge >= 0.3 is 0 Å². The van der Waals surface area contributed by atoms with Crippen LogP contribution in [-0.2, 0) is 21.8 Å². The molecule has 0 aromatic carbocycles. The summed E-state index contributed by atoms with van der Waals surface area (Å²) in [4.78, 5) is 14.7. The molecule has 3 heterocycles. The fourth-order valence-corrected chi connectivity index (χ4v) is 4.68. The third-order valence-corrected chi connectivity index (χ3v) is 6.74. The van der Waals surface area contributed by atoms with E-state index in [9.17, 15) is 13.2 Å². The lowest BCUT2D eigenvalue weighted by Gasteiger charge is -2.30. The molecular formula is C16H25N3O4S. The van der Waals surface area contributed by atoms with E-state index in [0.717, 1.165) is 25.9 Å². The number of aryl methyl sites for hydroxylation is 1. The van der Waals surface area contributed by atoms with E-state index in [4.69, 9.17) is 4.74 Å². The number of sulfonamides is 1. The van der Waals surface area contributed by atoms with Crippen LogP contribution in [-0.4, -0.2) is 67.5 Å². The molecule has 0 N–H and O–H groups in total. The molecule has 0 bridgehead atoms. The predicted octanol–water partition coefficient (Wildman–Crippen LogP) is 0.918. The van der Waals surface area contributed by atoms with Crippen LogP contribution in [0.25, 0.3) is 0 Å². The minimum Gasteiger partial charge on any atom is -0.379 e. The first kappa shape index (κ1) is 17.4. The van der Waals surface area contributed by atoms with Gasteiger partial charge in [0.15, 0.2) is 0 Å². The number of aromatic nitrogens is 1. The van der Waals surface area contributed by atoms with Crippen LogP contribution in [0.2, 0.25) is 0 Å². The topological polar surface area (TPSA) is 71.8 Å². The lowest BCUT2D eigenvalue weighted by Crippen LogP contribution is -2.40. The van der Waals surface area contributed by atoms with Crippen LogP contribution >= 0.6 is 0 Å². The summed E-state index contributed by atoms with van der Waals surface area (Å²) in [6.07, 6.45) is 3.52. The highest BCUT2D eigenvalue weighted by molar-refractivity contribution is 7.89. The van der Waals surface area contributed by atoms with Crippen molar-refractivity contribution >= 4 is 15.9 Å². The predicted molar refractivity (Wildman–Crippen MR) is 89.3 cm³/mol. The van der Waals surface area contributed by atoms with Crippen molar-refractivity contribution in [1.29, 1.82) is 0 Å². The van der Waals surface area contributed by atoms with E-state index in [2.05, 4.69) is 6.92 Å². The van der Waals surface area contributed by atoms with Crippen LogP contribution in [0.15, 0.2) is 17.2 Å². The van der Waals surface area contributed by atoms with Gasteiger partial charge in [-0.3, -0.25) is 4.79 Å². The van der Waals surface area contributed by atoms with E-state index in [1.54, 1.807) is 11.6 Å². The normalized spacial score (nSPS) is 21.2. The maximum absolute atomic E-state index is 12.7. The molecule has 2 aliphatic heterocycles. The molecule has 7 nitrogen and oxygen atoms in total. The zero-order valence-corrected chi connectivity index (χ0v) is 15.1. The lowest BCUT2D eigenvalue weighted by molar-refractivity contribution is 0.0687. The van der Waals surface area contributed by atoms with Crippen LogP contribution < -0.4 is 0 Å². The SMILES string of the molecule is CC1CCN(C(=O)c2cc(S(=O)(=O)N3CCOCC3)cn2C)CC1. The Labute approximate surface area is 143 Å². The van der Waals surface area contributed by atoms with Crippen LogP contribution in [0.1, 0.15) is 30.3 Å². The van der Waals surface area contributed by atoms with Crippen molar-refractivity contribution in [1.82, 2.24) is 13.8 Å². The Morgan fingerprint density at radius 1 is 1.17 bits per heavy atom. The van der Waals surface area contributed by atoms with Crippen LogP contribution in [0, 0.1) is 5.92 Å². The van der Waals surface area contributed by atoms with Crippen LogP contribution in [0.5, 0.6) is 0 Å². The molecule has 2 aliphatic rings. The minimum absolute atomic E-state index is 0.0900. The van der Waals surface area contributed by atoms with Gasteiger partial charge in [-0.1, -0.05) is 6.92 Å². The number of piperidine rings is 1. The van der Waals surface area contributed by atoms with Crippen molar-refractivity contribution in [2.45, 2.75) is 24.7 Å². The van der Waals surface area contributed by atoms with Gasteiger partial charge in [-0.2, -0.15) is 4.31 Å². The molecule has 1 aromatic rings. The minimum atomic E-state index is -3.57. The molecule has 0 atom stereocenters. The van der Waals surface area contributed by atoms with E-state index in [-0.39, 0.29) is 10.8 Å². The van der Waals surface area contributed by atoms with Gasteiger partial charge in [0, 0.05) is 39.4 Å². The summed E-state index contributed by atoms with van der Waals surface area (Å²) >= 11 is 0. The van der Waals surface area contributed by atoms with Gasteiger partial charge in [0.05, 0.1) is 13.2 Å². The summed E-state index contributed by atoms with van der Waals surface area (Å²) in [6.45, 7) is 5.17. The Balaban J connectivity index is 1.80. The van der Waals surface area contributed by atoms with Gasteiger partial charge in [0.2, 0.25) is 10.0 Å². The summed E-state index contributed by atoms with van der Waals surface area (Å²) < 4.78 is 33.7. The maximum atomic E-state index is 12.7. The first-order chi connectivity index (χ1) is 11.4. The number of nitrogens with zero attached hydrogens (tertiary/aromatic N) is 3. The van der Waals surface area contributed by atoms with Gasteiger partial charge in [0.1, 0.15) is 10.6 Å². The first-order valence-electron chi connectivity index (χ1n) is 8.43. The highest BCUT2D eigenvalue weighted by Crippen LogP contribution is 2.22. The quantitative estimate of drug-likeness (QED) is 0.808. The van der Waals surface area contributed by atoms with Crippen molar-refractivity contribution in [3.05, 3.63) is 18.0 Å². The number of hydrogen-bond acceptors (Lipinski definition) is 4. The molecule has 0 aliphatic carbocycles. The summed E-state index contributed by atoms with van der Waals surface area (Å²) in [5.41, 5.74) is 0.427. The largest absolute Gasteiger partial charge is 0.379 e. The summed E-state index contributed by atoms with van der Waals surface area (Å²) in [5.74, 6) is 0.549. The van der Waals surface area contributed by atoms with Gasteiger partial charge in [-0.15, -0.1) is 0 Å². The average Bonchev–Trinajstić information content (AvgIpc) is 2.98. The molecule has 2 saturated heterocycles. The van der Waals surface area contributed by atoms with Gasteiger partial charge in [-0.25, -0.2) is 8.42 Å². The Morgan fingerprint density at radius 3 is 2.42 bits per heavy atom. The monoisotopic (exact) mass is 355 g/mol.